The Bertz CT molecular complexity index is 314. The molecule has 0 fully saturated rings. The predicted molar refractivity (Wildman–Crippen MR) is 64.3 cm³/mol. The fourth-order valence-corrected chi connectivity index (χ4v) is 2.16. The third-order valence-electron chi connectivity index (χ3n) is 1.40. The number of hydrogen-bond acceptors (Lipinski definition) is 2. The molecule has 0 aliphatic carbocycles. The van der Waals surface area contributed by atoms with Crippen molar-refractivity contribution in [2.45, 2.75) is 4.90 Å². The Morgan fingerprint density at radius 3 is 2.92 bits per heavy atom. The molecule has 0 aliphatic rings. The maximum Gasteiger partial charge on any atom is 0.0463 e. The molecule has 0 bridgehead atoms. The lowest BCUT2D eigenvalue weighted by molar-refractivity contribution is 1.44. The van der Waals surface area contributed by atoms with Gasteiger partial charge in [-0.2, -0.15) is 0 Å². The lowest BCUT2D eigenvalue weighted by atomic mass is 10.3. The van der Waals surface area contributed by atoms with E-state index in [1.54, 1.807) is 11.8 Å². The van der Waals surface area contributed by atoms with Gasteiger partial charge in [0.1, 0.15) is 0 Å². The van der Waals surface area contributed by atoms with Crippen LogP contribution in [-0.4, -0.2) is 5.75 Å². The summed E-state index contributed by atoms with van der Waals surface area (Å²) in [5.74, 6) is 0.843. The Hall–Kier alpha value is -0.120. The average Bonchev–Trinajstić information content (AvgIpc) is 2.09. The van der Waals surface area contributed by atoms with Crippen molar-refractivity contribution in [1.29, 1.82) is 0 Å². The van der Waals surface area contributed by atoms with Gasteiger partial charge >= 0.3 is 0 Å². The van der Waals surface area contributed by atoms with Crippen LogP contribution in [0, 0.1) is 0 Å². The lowest BCUT2D eigenvalue weighted by Crippen LogP contribution is -1.88. The first-order chi connectivity index (χ1) is 6.24. The fourth-order valence-electron chi connectivity index (χ4n) is 0.825. The highest BCUT2D eigenvalue weighted by Gasteiger charge is 1.98. The molecule has 1 aromatic rings. The number of hydrogen-bond donors (Lipinski definition) is 1. The molecule has 0 atom stereocenters. The molecule has 0 saturated carbocycles. The molecule has 0 aromatic heterocycles. The molecule has 70 valence electrons. The van der Waals surface area contributed by atoms with Gasteiger partial charge in [-0.3, -0.25) is 0 Å². The van der Waals surface area contributed by atoms with Crippen molar-refractivity contribution >= 4 is 45.0 Å². The highest BCUT2D eigenvalue weighted by atomic mass is 79.9. The molecular formula is C9H9BrClNS. The van der Waals surface area contributed by atoms with Gasteiger partial charge in [-0.05, 0) is 18.2 Å². The highest BCUT2D eigenvalue weighted by molar-refractivity contribution is 9.10. The number of rotatable bonds is 3. The minimum Gasteiger partial charge on any atom is -0.398 e. The van der Waals surface area contributed by atoms with Crippen LogP contribution in [0.3, 0.4) is 0 Å². The second kappa shape index (κ2) is 5.58. The Morgan fingerprint density at radius 2 is 2.31 bits per heavy atom. The minimum atomic E-state index is 0.794. The zero-order valence-corrected chi connectivity index (χ0v) is 9.99. The summed E-state index contributed by atoms with van der Waals surface area (Å²) in [6, 6.07) is 5.86. The third-order valence-corrected chi connectivity index (χ3v) is 3.11. The normalized spacial score (nSPS) is 10.9. The van der Waals surface area contributed by atoms with Crippen LogP contribution in [0.4, 0.5) is 5.69 Å². The quantitative estimate of drug-likeness (QED) is 0.671. The van der Waals surface area contributed by atoms with E-state index in [2.05, 4.69) is 15.9 Å². The van der Waals surface area contributed by atoms with Gasteiger partial charge in [-0.25, -0.2) is 0 Å². The van der Waals surface area contributed by atoms with Crippen molar-refractivity contribution in [3.8, 4) is 0 Å². The molecule has 0 aliphatic heterocycles. The lowest BCUT2D eigenvalue weighted by Gasteiger charge is -2.03. The van der Waals surface area contributed by atoms with Gasteiger partial charge in [0.2, 0.25) is 0 Å². The molecule has 1 nitrogen and oxygen atoms in total. The van der Waals surface area contributed by atoms with Gasteiger partial charge < -0.3 is 5.73 Å². The van der Waals surface area contributed by atoms with Crippen LogP contribution in [0.1, 0.15) is 0 Å². The molecular weight excluding hydrogens is 270 g/mol. The minimum absolute atomic E-state index is 0.794. The second-order valence-electron chi connectivity index (χ2n) is 2.35. The van der Waals surface area contributed by atoms with Crippen LogP contribution in [0.25, 0.3) is 0 Å². The number of benzene rings is 1. The van der Waals surface area contributed by atoms with Gasteiger partial charge in [-0.15, -0.1) is 11.8 Å². The molecule has 0 radical (unpaired) electrons. The Balaban J connectivity index is 2.66. The molecule has 0 spiro atoms. The summed E-state index contributed by atoms with van der Waals surface area (Å²) in [7, 11) is 0. The summed E-state index contributed by atoms with van der Waals surface area (Å²) in [5.41, 5.74) is 8.11. The van der Waals surface area contributed by atoms with E-state index in [0.717, 1.165) is 20.8 Å². The number of nitrogen functional groups attached to an aromatic ring is 1. The zero-order valence-electron chi connectivity index (χ0n) is 6.84. The molecule has 1 rings (SSSR count). The summed E-state index contributed by atoms with van der Waals surface area (Å²) in [6.07, 6.45) is 1.88. The Kier molecular flexibility index (Phi) is 4.70. The first-order valence-electron chi connectivity index (χ1n) is 3.67. The standard InChI is InChI=1S/C9H9BrClNS/c10-7-2-3-9(8(12)6-7)13-5-1-4-11/h1-4,6H,5,12H2/b4-1+. The van der Waals surface area contributed by atoms with Crippen LogP contribution in [0.5, 0.6) is 0 Å². The van der Waals surface area contributed by atoms with E-state index >= 15 is 0 Å². The van der Waals surface area contributed by atoms with Crippen LogP contribution in [-0.2, 0) is 0 Å². The highest BCUT2D eigenvalue weighted by Crippen LogP contribution is 2.27. The topological polar surface area (TPSA) is 26.0 Å². The van der Waals surface area contributed by atoms with Crippen molar-refractivity contribution in [1.82, 2.24) is 0 Å². The van der Waals surface area contributed by atoms with Crippen LogP contribution < -0.4 is 5.73 Å². The summed E-state index contributed by atoms with van der Waals surface area (Å²) in [6.45, 7) is 0. The van der Waals surface area contributed by atoms with E-state index in [1.165, 1.54) is 5.54 Å². The van der Waals surface area contributed by atoms with E-state index in [4.69, 9.17) is 17.3 Å². The van der Waals surface area contributed by atoms with E-state index in [-0.39, 0.29) is 0 Å². The fraction of sp³-hybridized carbons (Fsp3) is 0.111. The summed E-state index contributed by atoms with van der Waals surface area (Å²) >= 11 is 10.4. The third kappa shape index (κ3) is 3.63. The molecule has 0 unspecified atom stereocenters. The van der Waals surface area contributed by atoms with E-state index < -0.39 is 0 Å². The van der Waals surface area contributed by atoms with E-state index in [9.17, 15) is 0 Å². The number of nitrogens with two attached hydrogens (primary N) is 1. The van der Waals surface area contributed by atoms with Crippen LogP contribution >= 0.6 is 39.3 Å². The molecule has 4 heteroatoms. The van der Waals surface area contributed by atoms with Crippen LogP contribution in [0.15, 0.2) is 39.2 Å². The van der Waals surface area contributed by atoms with Crippen molar-refractivity contribution < 1.29 is 0 Å². The Labute approximate surface area is 95.5 Å². The zero-order chi connectivity index (χ0) is 9.68. The second-order valence-corrected chi connectivity index (χ2v) is 4.58. The smallest absolute Gasteiger partial charge is 0.0463 e. The molecule has 1 aromatic carbocycles. The van der Waals surface area contributed by atoms with Crippen molar-refractivity contribution in [3.05, 3.63) is 34.3 Å². The first-order valence-corrected chi connectivity index (χ1v) is 5.88. The SMILES string of the molecule is Nc1cc(Br)ccc1SC/C=C/Cl. The molecule has 0 saturated heterocycles. The van der Waals surface area contributed by atoms with Gasteiger partial charge in [0.15, 0.2) is 0 Å². The summed E-state index contributed by atoms with van der Waals surface area (Å²) in [5, 5.41) is 0. The van der Waals surface area contributed by atoms with Crippen LogP contribution in [0.2, 0.25) is 0 Å². The van der Waals surface area contributed by atoms with Crippen molar-refractivity contribution in [3.63, 3.8) is 0 Å². The number of thioether (sulfide) groups is 1. The largest absolute Gasteiger partial charge is 0.398 e. The maximum atomic E-state index is 5.80. The molecule has 0 amide bonds. The first kappa shape index (κ1) is 11.0. The summed E-state index contributed by atoms with van der Waals surface area (Å²) in [4.78, 5) is 1.08. The number of halogens is 2. The van der Waals surface area contributed by atoms with Gasteiger partial charge in [0.05, 0.1) is 0 Å². The monoisotopic (exact) mass is 277 g/mol. The Morgan fingerprint density at radius 1 is 1.54 bits per heavy atom. The average molecular weight is 279 g/mol. The molecule has 13 heavy (non-hydrogen) atoms. The molecule has 0 heterocycles. The number of anilines is 1. The van der Waals surface area contributed by atoms with Gasteiger partial charge in [0, 0.05) is 26.3 Å². The van der Waals surface area contributed by atoms with E-state index in [0.29, 0.717) is 0 Å². The molecule has 2 N–H and O–H groups in total. The predicted octanol–water partition coefficient (Wildman–Crippen LogP) is 3.88. The van der Waals surface area contributed by atoms with Crippen molar-refractivity contribution in [2.75, 3.05) is 11.5 Å². The summed E-state index contributed by atoms with van der Waals surface area (Å²) < 4.78 is 1.00. The van der Waals surface area contributed by atoms with Crippen molar-refractivity contribution in [2.24, 2.45) is 0 Å². The maximum absolute atomic E-state index is 5.80. The van der Waals surface area contributed by atoms with Gasteiger partial charge in [0.25, 0.3) is 0 Å². The van der Waals surface area contributed by atoms with E-state index in [1.807, 2.05) is 24.3 Å². The van der Waals surface area contributed by atoms with Gasteiger partial charge in [-0.1, -0.05) is 33.6 Å².